The molecule has 0 aliphatic rings. The maximum Gasteiger partial charge on any atom is 0.329 e. The minimum atomic E-state index is -0.500. The molecule has 0 saturated heterocycles. The van der Waals surface area contributed by atoms with E-state index in [1.54, 1.807) is 12.1 Å². The standard InChI is InChI=1S/C10H8N4O3/c1-14-8-6(9(15)13-10(14)16)11-7(12-8)5-3-2-4-17-5/h2-4H,1H3,(H,11,12)(H,13,15,16). The molecule has 0 atom stereocenters. The van der Waals surface area contributed by atoms with E-state index in [1.165, 1.54) is 17.9 Å². The molecule has 0 radical (unpaired) electrons. The van der Waals surface area contributed by atoms with Gasteiger partial charge >= 0.3 is 5.69 Å². The van der Waals surface area contributed by atoms with E-state index in [0.717, 1.165) is 0 Å². The Labute approximate surface area is 93.7 Å². The molecule has 0 saturated carbocycles. The van der Waals surface area contributed by atoms with Gasteiger partial charge in [-0.1, -0.05) is 0 Å². The van der Waals surface area contributed by atoms with Gasteiger partial charge in [-0.25, -0.2) is 9.78 Å². The summed E-state index contributed by atoms with van der Waals surface area (Å²) in [6.45, 7) is 0. The molecule has 0 aliphatic heterocycles. The Hall–Kier alpha value is -2.57. The van der Waals surface area contributed by atoms with Gasteiger partial charge in [0.1, 0.15) is 5.52 Å². The lowest BCUT2D eigenvalue weighted by Crippen LogP contribution is -2.28. The van der Waals surface area contributed by atoms with Gasteiger partial charge in [0.25, 0.3) is 5.56 Å². The fraction of sp³-hybridized carbons (Fsp3) is 0.100. The van der Waals surface area contributed by atoms with Crippen molar-refractivity contribution in [2.45, 2.75) is 0 Å². The second-order valence-corrected chi connectivity index (χ2v) is 3.58. The fourth-order valence-electron chi connectivity index (χ4n) is 1.63. The Bertz CT molecular complexity index is 791. The number of aromatic amines is 2. The maximum atomic E-state index is 11.6. The highest BCUT2D eigenvalue weighted by Crippen LogP contribution is 2.17. The largest absolute Gasteiger partial charge is 0.461 e. The molecule has 86 valence electrons. The van der Waals surface area contributed by atoms with E-state index in [0.29, 0.717) is 17.2 Å². The van der Waals surface area contributed by atoms with Crippen molar-refractivity contribution in [3.8, 4) is 11.6 Å². The third kappa shape index (κ3) is 1.32. The molecular formula is C10H8N4O3. The van der Waals surface area contributed by atoms with Crippen molar-refractivity contribution >= 4 is 11.2 Å². The monoisotopic (exact) mass is 232 g/mol. The Kier molecular flexibility index (Phi) is 1.82. The molecule has 0 fully saturated rings. The summed E-state index contributed by atoms with van der Waals surface area (Å²) in [6.07, 6.45) is 1.51. The van der Waals surface area contributed by atoms with Gasteiger partial charge in [-0.3, -0.25) is 14.3 Å². The first-order valence-electron chi connectivity index (χ1n) is 4.90. The third-order valence-electron chi connectivity index (χ3n) is 2.51. The van der Waals surface area contributed by atoms with Gasteiger partial charge in [0, 0.05) is 7.05 Å². The maximum absolute atomic E-state index is 11.6. The van der Waals surface area contributed by atoms with E-state index in [1.807, 2.05) is 0 Å². The van der Waals surface area contributed by atoms with Gasteiger partial charge in [-0.05, 0) is 12.1 Å². The number of fused-ring (bicyclic) bond motifs is 1. The van der Waals surface area contributed by atoms with Gasteiger partial charge in [-0.2, -0.15) is 0 Å². The molecule has 3 aromatic heterocycles. The first-order chi connectivity index (χ1) is 8.16. The average molecular weight is 232 g/mol. The minimum Gasteiger partial charge on any atom is -0.461 e. The van der Waals surface area contributed by atoms with Crippen molar-refractivity contribution in [3.05, 3.63) is 39.2 Å². The number of furan rings is 1. The van der Waals surface area contributed by atoms with Crippen molar-refractivity contribution in [1.82, 2.24) is 19.5 Å². The highest BCUT2D eigenvalue weighted by atomic mass is 16.3. The third-order valence-corrected chi connectivity index (χ3v) is 2.51. The zero-order valence-electron chi connectivity index (χ0n) is 8.85. The predicted molar refractivity (Wildman–Crippen MR) is 59.7 cm³/mol. The predicted octanol–water partition coefficient (Wildman–Crippen LogP) is 0.210. The second-order valence-electron chi connectivity index (χ2n) is 3.58. The van der Waals surface area contributed by atoms with Crippen LogP contribution in [0, 0.1) is 0 Å². The highest BCUT2D eigenvalue weighted by Gasteiger charge is 2.12. The SMILES string of the molecule is Cn1c(=O)[nH]c(=O)c2[nH]c(-c3ccco3)nc21. The van der Waals surface area contributed by atoms with Crippen LogP contribution in [0.2, 0.25) is 0 Å². The molecule has 0 aliphatic carbocycles. The van der Waals surface area contributed by atoms with Crippen LogP contribution in [-0.2, 0) is 7.05 Å². The number of nitrogens with one attached hydrogen (secondary N) is 2. The lowest BCUT2D eigenvalue weighted by Gasteiger charge is -1.94. The van der Waals surface area contributed by atoms with Crippen molar-refractivity contribution in [2.75, 3.05) is 0 Å². The first kappa shape index (κ1) is 9.64. The topological polar surface area (TPSA) is 96.7 Å². The normalized spacial score (nSPS) is 11.1. The molecule has 0 bridgehead atoms. The lowest BCUT2D eigenvalue weighted by atomic mass is 10.4. The molecule has 7 heteroatoms. The first-order valence-corrected chi connectivity index (χ1v) is 4.90. The van der Waals surface area contributed by atoms with Gasteiger partial charge < -0.3 is 9.40 Å². The van der Waals surface area contributed by atoms with Crippen LogP contribution in [0.4, 0.5) is 0 Å². The van der Waals surface area contributed by atoms with Crippen LogP contribution in [0.25, 0.3) is 22.7 Å². The van der Waals surface area contributed by atoms with Crippen molar-refractivity contribution < 1.29 is 4.42 Å². The Balaban J connectivity index is 2.41. The smallest absolute Gasteiger partial charge is 0.329 e. The van der Waals surface area contributed by atoms with E-state index in [2.05, 4.69) is 15.0 Å². The number of hydrogen-bond acceptors (Lipinski definition) is 4. The van der Waals surface area contributed by atoms with Gasteiger partial charge in [0.2, 0.25) is 0 Å². The van der Waals surface area contributed by atoms with E-state index < -0.39 is 11.2 Å². The van der Waals surface area contributed by atoms with Crippen molar-refractivity contribution in [3.63, 3.8) is 0 Å². The fourth-order valence-corrected chi connectivity index (χ4v) is 1.63. The van der Waals surface area contributed by atoms with Crippen LogP contribution in [0.3, 0.4) is 0 Å². The summed E-state index contributed by atoms with van der Waals surface area (Å²) in [5.41, 5.74) is -0.447. The molecule has 17 heavy (non-hydrogen) atoms. The van der Waals surface area contributed by atoms with Crippen LogP contribution in [0.1, 0.15) is 0 Å². The quantitative estimate of drug-likeness (QED) is 0.626. The van der Waals surface area contributed by atoms with Gasteiger partial charge in [0.15, 0.2) is 17.2 Å². The molecule has 3 rings (SSSR count). The summed E-state index contributed by atoms with van der Waals surface area (Å²) < 4.78 is 6.43. The zero-order valence-corrected chi connectivity index (χ0v) is 8.85. The van der Waals surface area contributed by atoms with Crippen LogP contribution in [-0.4, -0.2) is 19.5 Å². The zero-order chi connectivity index (χ0) is 12.0. The van der Waals surface area contributed by atoms with Crippen LogP contribution in [0.5, 0.6) is 0 Å². The molecule has 0 spiro atoms. The number of imidazole rings is 1. The molecule has 0 unspecified atom stereocenters. The average Bonchev–Trinajstić information content (AvgIpc) is 2.94. The molecule has 0 amide bonds. The van der Waals surface area contributed by atoms with E-state index >= 15 is 0 Å². The van der Waals surface area contributed by atoms with E-state index in [4.69, 9.17) is 4.42 Å². The summed E-state index contributed by atoms with van der Waals surface area (Å²) in [6, 6.07) is 3.43. The number of rotatable bonds is 1. The molecular weight excluding hydrogens is 224 g/mol. The molecule has 3 aromatic rings. The van der Waals surface area contributed by atoms with Gasteiger partial charge in [-0.15, -0.1) is 0 Å². The summed E-state index contributed by atoms with van der Waals surface area (Å²) in [5, 5.41) is 0. The second kappa shape index (κ2) is 3.21. The van der Waals surface area contributed by atoms with Gasteiger partial charge in [0.05, 0.1) is 6.26 Å². The summed E-state index contributed by atoms with van der Waals surface area (Å²) in [4.78, 5) is 32.1. The Morgan fingerprint density at radius 1 is 1.35 bits per heavy atom. The Morgan fingerprint density at radius 3 is 2.88 bits per heavy atom. The molecule has 3 heterocycles. The number of aromatic nitrogens is 4. The van der Waals surface area contributed by atoms with Crippen LogP contribution in [0.15, 0.2) is 32.4 Å². The van der Waals surface area contributed by atoms with E-state index in [-0.39, 0.29) is 5.52 Å². The van der Waals surface area contributed by atoms with Crippen molar-refractivity contribution in [1.29, 1.82) is 0 Å². The van der Waals surface area contributed by atoms with Crippen molar-refractivity contribution in [2.24, 2.45) is 7.05 Å². The van der Waals surface area contributed by atoms with Crippen LogP contribution >= 0.6 is 0 Å². The number of H-pyrrole nitrogens is 2. The lowest BCUT2D eigenvalue weighted by molar-refractivity contribution is 0.578. The molecule has 0 aromatic carbocycles. The number of nitrogens with zero attached hydrogens (tertiary/aromatic N) is 2. The van der Waals surface area contributed by atoms with Crippen LogP contribution < -0.4 is 11.2 Å². The molecule has 7 nitrogen and oxygen atoms in total. The number of hydrogen-bond donors (Lipinski definition) is 2. The summed E-state index contributed by atoms with van der Waals surface area (Å²) in [7, 11) is 1.54. The molecule has 2 N–H and O–H groups in total. The summed E-state index contributed by atoms with van der Waals surface area (Å²) >= 11 is 0. The Morgan fingerprint density at radius 2 is 2.18 bits per heavy atom. The van der Waals surface area contributed by atoms with E-state index in [9.17, 15) is 9.59 Å². The minimum absolute atomic E-state index is 0.249. The number of aryl methyl sites for hydroxylation is 1. The highest BCUT2D eigenvalue weighted by molar-refractivity contribution is 5.73. The summed E-state index contributed by atoms with van der Waals surface area (Å²) in [5.74, 6) is 0.921.